The van der Waals surface area contributed by atoms with Crippen LogP contribution >= 0.6 is 11.6 Å². The first-order valence-electron chi connectivity index (χ1n) is 8.00. The number of H-pyrrole nitrogens is 1. The van der Waals surface area contributed by atoms with Crippen molar-refractivity contribution in [3.63, 3.8) is 0 Å². The molecule has 0 bridgehead atoms. The van der Waals surface area contributed by atoms with Crippen LogP contribution in [0.15, 0.2) is 67.1 Å². The van der Waals surface area contributed by atoms with Gasteiger partial charge in [0.1, 0.15) is 5.82 Å². The molecule has 0 aliphatic carbocycles. The van der Waals surface area contributed by atoms with E-state index in [1.807, 2.05) is 48.8 Å². The van der Waals surface area contributed by atoms with Crippen molar-refractivity contribution in [3.05, 3.63) is 83.7 Å². The summed E-state index contributed by atoms with van der Waals surface area (Å²) < 4.78 is 0. The van der Waals surface area contributed by atoms with Crippen LogP contribution in [0.5, 0.6) is 0 Å². The Balaban J connectivity index is 1.66. The second-order valence-corrected chi connectivity index (χ2v) is 6.04. The molecule has 4 aromatic rings. The molecule has 3 aromatic heterocycles. The number of anilines is 1. The minimum absolute atomic E-state index is 0.121. The Kier molecular flexibility index (Phi) is 4.31. The molecular weight excluding hydrogens is 334 g/mol. The second-order valence-electron chi connectivity index (χ2n) is 5.70. The van der Waals surface area contributed by atoms with E-state index in [0.29, 0.717) is 6.54 Å². The zero-order valence-corrected chi connectivity index (χ0v) is 14.1. The Labute approximate surface area is 150 Å². The first-order chi connectivity index (χ1) is 12.3. The van der Waals surface area contributed by atoms with Crippen molar-refractivity contribution in [2.45, 2.75) is 5.92 Å². The molecule has 2 N–H and O–H groups in total. The maximum absolute atomic E-state index is 6.08. The number of para-hydroxylation sites is 1. The van der Waals surface area contributed by atoms with Crippen LogP contribution in [0.1, 0.15) is 17.2 Å². The molecule has 0 saturated carbocycles. The summed E-state index contributed by atoms with van der Waals surface area (Å²) in [7, 11) is 0. The lowest BCUT2D eigenvalue weighted by Crippen LogP contribution is -2.15. The Hall–Kier alpha value is -2.92. The topological polar surface area (TPSA) is 66.5 Å². The Morgan fingerprint density at radius 3 is 2.76 bits per heavy atom. The molecular formula is C19H16ClN5. The molecule has 0 radical (unpaired) electrons. The van der Waals surface area contributed by atoms with Crippen molar-refractivity contribution >= 4 is 28.3 Å². The number of aromatic amines is 1. The van der Waals surface area contributed by atoms with E-state index in [2.05, 4.69) is 37.4 Å². The van der Waals surface area contributed by atoms with Crippen LogP contribution in [-0.4, -0.2) is 26.5 Å². The highest BCUT2D eigenvalue weighted by Crippen LogP contribution is 2.26. The molecule has 124 valence electrons. The van der Waals surface area contributed by atoms with E-state index >= 15 is 0 Å². The van der Waals surface area contributed by atoms with Gasteiger partial charge in [-0.2, -0.15) is 0 Å². The van der Waals surface area contributed by atoms with E-state index in [4.69, 9.17) is 11.6 Å². The number of nitrogens with one attached hydrogen (secondary N) is 2. The van der Waals surface area contributed by atoms with Crippen LogP contribution in [0.3, 0.4) is 0 Å². The van der Waals surface area contributed by atoms with Gasteiger partial charge in [0.25, 0.3) is 0 Å². The third kappa shape index (κ3) is 3.32. The van der Waals surface area contributed by atoms with Crippen LogP contribution in [0.25, 0.3) is 10.9 Å². The van der Waals surface area contributed by atoms with Gasteiger partial charge in [0.15, 0.2) is 0 Å². The van der Waals surface area contributed by atoms with Crippen molar-refractivity contribution in [1.82, 2.24) is 19.9 Å². The molecule has 0 fully saturated rings. The van der Waals surface area contributed by atoms with Gasteiger partial charge in [-0.3, -0.25) is 4.98 Å². The van der Waals surface area contributed by atoms with E-state index in [0.717, 1.165) is 28.0 Å². The van der Waals surface area contributed by atoms with Crippen molar-refractivity contribution in [2.24, 2.45) is 0 Å². The van der Waals surface area contributed by atoms with Gasteiger partial charge >= 0.3 is 0 Å². The lowest BCUT2D eigenvalue weighted by molar-refractivity contribution is 0.816. The fraction of sp³-hybridized carbons (Fsp3) is 0.105. The van der Waals surface area contributed by atoms with E-state index < -0.39 is 0 Å². The van der Waals surface area contributed by atoms with E-state index in [-0.39, 0.29) is 11.2 Å². The molecule has 0 saturated heterocycles. The number of hydrogen-bond acceptors (Lipinski definition) is 4. The molecule has 1 aromatic carbocycles. The molecule has 25 heavy (non-hydrogen) atoms. The smallest absolute Gasteiger partial charge is 0.224 e. The number of halogens is 1. The third-order valence-electron chi connectivity index (χ3n) is 4.13. The number of fused-ring (bicyclic) bond motifs is 1. The third-order valence-corrected chi connectivity index (χ3v) is 4.30. The highest BCUT2D eigenvalue weighted by Gasteiger charge is 2.16. The predicted octanol–water partition coefficient (Wildman–Crippen LogP) is 4.25. The Morgan fingerprint density at radius 1 is 1.04 bits per heavy atom. The predicted molar refractivity (Wildman–Crippen MR) is 99.9 cm³/mol. The monoisotopic (exact) mass is 349 g/mol. The van der Waals surface area contributed by atoms with Crippen molar-refractivity contribution in [3.8, 4) is 0 Å². The van der Waals surface area contributed by atoms with Gasteiger partial charge in [0.05, 0.1) is 5.52 Å². The van der Waals surface area contributed by atoms with Crippen molar-refractivity contribution in [1.29, 1.82) is 0 Å². The van der Waals surface area contributed by atoms with E-state index in [9.17, 15) is 0 Å². The van der Waals surface area contributed by atoms with Gasteiger partial charge in [-0.05, 0) is 47.5 Å². The molecule has 5 nitrogen and oxygen atoms in total. The first kappa shape index (κ1) is 15.6. The molecule has 6 heteroatoms. The summed E-state index contributed by atoms with van der Waals surface area (Å²) in [6.07, 6.45) is 5.59. The largest absolute Gasteiger partial charge is 0.368 e. The number of hydrogen-bond donors (Lipinski definition) is 2. The molecule has 1 atom stereocenters. The van der Waals surface area contributed by atoms with Gasteiger partial charge in [-0.15, -0.1) is 0 Å². The molecule has 0 spiro atoms. The normalized spacial score (nSPS) is 12.2. The summed E-state index contributed by atoms with van der Waals surface area (Å²) in [4.78, 5) is 16.2. The van der Waals surface area contributed by atoms with Gasteiger partial charge in [-0.1, -0.05) is 18.2 Å². The van der Waals surface area contributed by atoms with Crippen LogP contribution < -0.4 is 5.32 Å². The highest BCUT2D eigenvalue weighted by molar-refractivity contribution is 6.28. The molecule has 3 heterocycles. The summed E-state index contributed by atoms with van der Waals surface area (Å²) >= 11 is 6.08. The average Bonchev–Trinajstić information content (AvgIpc) is 3.17. The van der Waals surface area contributed by atoms with Gasteiger partial charge in [0, 0.05) is 42.1 Å². The average molecular weight is 350 g/mol. The second kappa shape index (κ2) is 6.91. The molecule has 0 amide bonds. The molecule has 4 rings (SSSR count). The van der Waals surface area contributed by atoms with Gasteiger partial charge in [0.2, 0.25) is 5.28 Å². The fourth-order valence-corrected chi connectivity index (χ4v) is 3.11. The van der Waals surface area contributed by atoms with Crippen LogP contribution in [0, 0.1) is 0 Å². The Morgan fingerprint density at radius 2 is 1.96 bits per heavy atom. The standard InChI is InChI=1S/C19H16ClN5/c20-19-24-17-7-2-1-6-14(17)18(25-19)23-12-15(16-8-4-10-22-16)13-5-3-9-21-11-13/h1-11,15,22H,12H2,(H,23,24,25). The quantitative estimate of drug-likeness (QED) is 0.528. The van der Waals surface area contributed by atoms with Crippen LogP contribution in [0.2, 0.25) is 5.28 Å². The molecule has 0 aliphatic heterocycles. The molecule has 1 unspecified atom stereocenters. The molecule has 0 aliphatic rings. The van der Waals surface area contributed by atoms with Crippen LogP contribution in [-0.2, 0) is 0 Å². The van der Waals surface area contributed by atoms with Gasteiger partial charge in [-0.25, -0.2) is 9.97 Å². The Bertz CT molecular complexity index is 970. The lowest BCUT2D eigenvalue weighted by Gasteiger charge is -2.18. The number of aromatic nitrogens is 4. The summed E-state index contributed by atoms with van der Waals surface area (Å²) in [6.45, 7) is 0.656. The SMILES string of the molecule is Clc1nc(NCC(c2cccnc2)c2ccc[nH]2)c2ccccc2n1. The zero-order chi connectivity index (χ0) is 17.1. The minimum Gasteiger partial charge on any atom is -0.368 e. The minimum atomic E-state index is 0.121. The van der Waals surface area contributed by atoms with Crippen molar-refractivity contribution < 1.29 is 0 Å². The maximum atomic E-state index is 6.08. The number of pyridine rings is 1. The zero-order valence-electron chi connectivity index (χ0n) is 13.4. The van der Waals surface area contributed by atoms with Crippen LogP contribution in [0.4, 0.5) is 5.82 Å². The summed E-state index contributed by atoms with van der Waals surface area (Å²) in [5.74, 6) is 0.854. The fourth-order valence-electron chi connectivity index (χ4n) is 2.93. The number of benzene rings is 1. The number of nitrogens with zero attached hydrogens (tertiary/aromatic N) is 3. The van der Waals surface area contributed by atoms with Gasteiger partial charge < -0.3 is 10.3 Å². The maximum Gasteiger partial charge on any atom is 0.224 e. The van der Waals surface area contributed by atoms with E-state index in [1.54, 1.807) is 6.20 Å². The van der Waals surface area contributed by atoms with Crippen molar-refractivity contribution in [2.75, 3.05) is 11.9 Å². The lowest BCUT2D eigenvalue weighted by atomic mass is 9.97. The summed E-state index contributed by atoms with van der Waals surface area (Å²) in [5.41, 5.74) is 3.06. The van der Waals surface area contributed by atoms with E-state index in [1.165, 1.54) is 0 Å². The number of rotatable bonds is 5. The summed E-state index contributed by atoms with van der Waals surface area (Å²) in [5, 5.41) is 4.61. The summed E-state index contributed by atoms with van der Waals surface area (Å²) in [6, 6.07) is 15.9. The highest BCUT2D eigenvalue weighted by atomic mass is 35.5. The first-order valence-corrected chi connectivity index (χ1v) is 8.38.